The van der Waals surface area contributed by atoms with E-state index in [0.29, 0.717) is 31.2 Å². The van der Waals surface area contributed by atoms with Crippen molar-refractivity contribution >= 4 is 11.6 Å². The number of nitrogens with zero attached hydrogens (tertiary/aromatic N) is 3. The first-order chi connectivity index (χ1) is 14.5. The fourth-order valence-corrected chi connectivity index (χ4v) is 4.75. The van der Waals surface area contributed by atoms with E-state index in [2.05, 4.69) is 4.90 Å². The molecule has 0 radical (unpaired) electrons. The number of carbonyl (C=O) groups excluding carboxylic acids is 1. The van der Waals surface area contributed by atoms with E-state index < -0.39 is 0 Å². The molecule has 0 saturated carbocycles. The summed E-state index contributed by atoms with van der Waals surface area (Å²) in [5.41, 5.74) is 1.49. The van der Waals surface area contributed by atoms with E-state index >= 15 is 0 Å². The third-order valence-corrected chi connectivity index (χ3v) is 6.46. The largest absolute Gasteiger partial charge is 0.492 e. The third-order valence-electron chi connectivity index (χ3n) is 6.46. The third kappa shape index (κ3) is 4.16. The molecule has 0 aromatic heterocycles. The van der Waals surface area contributed by atoms with Gasteiger partial charge in [-0.15, -0.1) is 0 Å². The van der Waals surface area contributed by atoms with Crippen molar-refractivity contribution in [3.05, 3.63) is 60.2 Å². The fourth-order valence-electron chi connectivity index (χ4n) is 4.75. The Kier molecular flexibility index (Phi) is 5.97. The molecule has 2 aromatic carbocycles. The van der Waals surface area contributed by atoms with Crippen molar-refractivity contribution in [1.82, 2.24) is 9.80 Å². The molecule has 2 fully saturated rings. The van der Waals surface area contributed by atoms with Crippen LogP contribution < -0.4 is 9.64 Å². The minimum Gasteiger partial charge on any atom is -0.492 e. The summed E-state index contributed by atoms with van der Waals surface area (Å²) in [4.78, 5) is 19.4. The Balaban J connectivity index is 1.35. The Hall–Kier alpha value is -2.57. The zero-order valence-corrected chi connectivity index (χ0v) is 17.8. The van der Waals surface area contributed by atoms with E-state index in [1.807, 2.05) is 78.5 Å². The minimum absolute atomic E-state index is 0.0554. The van der Waals surface area contributed by atoms with E-state index in [1.54, 1.807) is 0 Å². The number of amides is 1. The first kappa shape index (κ1) is 20.7. The Labute approximate surface area is 178 Å². The van der Waals surface area contributed by atoms with Gasteiger partial charge in [-0.2, -0.15) is 0 Å². The van der Waals surface area contributed by atoms with Crippen molar-refractivity contribution in [3.8, 4) is 5.75 Å². The highest BCUT2D eigenvalue weighted by Gasteiger charge is 2.53. The number of ether oxygens (including phenoxy) is 1. The molecule has 4 rings (SSSR count). The SMILES string of the molecule is CN(C)c1cccc(C(=O)N2C[C@@H]3CN(CCOc4ccccc4)C[C@]3(CO)C2)c1. The predicted molar refractivity (Wildman–Crippen MR) is 118 cm³/mol. The average Bonchev–Trinajstić information content (AvgIpc) is 3.28. The Morgan fingerprint density at radius 1 is 1.13 bits per heavy atom. The Bertz CT molecular complexity index is 873. The first-order valence-electron chi connectivity index (χ1n) is 10.6. The van der Waals surface area contributed by atoms with Gasteiger partial charge in [0.25, 0.3) is 5.91 Å². The van der Waals surface area contributed by atoms with Crippen LogP contribution >= 0.6 is 0 Å². The Morgan fingerprint density at radius 2 is 1.93 bits per heavy atom. The van der Waals surface area contributed by atoms with Crippen LogP contribution in [-0.4, -0.2) is 80.8 Å². The zero-order chi connectivity index (χ0) is 21.1. The van der Waals surface area contributed by atoms with Crippen LogP contribution in [0.3, 0.4) is 0 Å². The molecule has 6 heteroatoms. The maximum Gasteiger partial charge on any atom is 0.253 e. The molecule has 1 amide bonds. The molecule has 2 saturated heterocycles. The lowest BCUT2D eigenvalue weighted by Gasteiger charge is -2.27. The van der Waals surface area contributed by atoms with Crippen LogP contribution in [0.5, 0.6) is 5.75 Å². The van der Waals surface area contributed by atoms with Crippen molar-refractivity contribution in [1.29, 1.82) is 0 Å². The number of aliphatic hydroxyl groups is 1. The van der Waals surface area contributed by atoms with E-state index in [0.717, 1.165) is 31.1 Å². The number of anilines is 1. The van der Waals surface area contributed by atoms with Crippen molar-refractivity contribution in [2.45, 2.75) is 0 Å². The maximum atomic E-state index is 13.1. The highest BCUT2D eigenvalue weighted by Crippen LogP contribution is 2.42. The smallest absolute Gasteiger partial charge is 0.253 e. The van der Waals surface area contributed by atoms with E-state index in [4.69, 9.17) is 4.74 Å². The molecule has 0 spiro atoms. The van der Waals surface area contributed by atoms with Gasteiger partial charge in [0.2, 0.25) is 0 Å². The van der Waals surface area contributed by atoms with Crippen molar-refractivity contribution in [2.75, 3.05) is 64.9 Å². The van der Waals surface area contributed by atoms with Gasteiger partial charge < -0.3 is 19.6 Å². The Morgan fingerprint density at radius 3 is 2.63 bits per heavy atom. The second kappa shape index (κ2) is 8.66. The lowest BCUT2D eigenvalue weighted by atomic mass is 9.82. The molecule has 0 unspecified atom stereocenters. The number of hydrogen-bond donors (Lipinski definition) is 1. The van der Waals surface area contributed by atoms with Crippen LogP contribution in [0.25, 0.3) is 0 Å². The lowest BCUT2D eigenvalue weighted by molar-refractivity contribution is 0.0716. The molecular weight excluding hydrogens is 378 g/mol. The molecule has 2 aliphatic rings. The van der Waals surface area contributed by atoms with Crippen molar-refractivity contribution in [2.24, 2.45) is 11.3 Å². The number of hydrogen-bond acceptors (Lipinski definition) is 5. The monoisotopic (exact) mass is 409 g/mol. The fraction of sp³-hybridized carbons (Fsp3) is 0.458. The van der Waals surface area contributed by atoms with Crippen molar-refractivity contribution in [3.63, 3.8) is 0 Å². The molecule has 2 atom stereocenters. The number of likely N-dealkylation sites (tertiary alicyclic amines) is 2. The van der Waals surface area contributed by atoms with Crippen LogP contribution in [0.15, 0.2) is 54.6 Å². The highest BCUT2D eigenvalue weighted by atomic mass is 16.5. The van der Waals surface area contributed by atoms with Crippen LogP contribution in [0.2, 0.25) is 0 Å². The quantitative estimate of drug-likeness (QED) is 0.760. The molecular formula is C24H31N3O3. The molecule has 160 valence electrons. The van der Waals surface area contributed by atoms with E-state index in [1.165, 1.54) is 0 Å². The second-order valence-electron chi connectivity index (χ2n) is 8.74. The second-order valence-corrected chi connectivity index (χ2v) is 8.74. The molecule has 0 aliphatic carbocycles. The predicted octanol–water partition coefficient (Wildman–Crippen LogP) is 2.20. The number of carbonyl (C=O) groups is 1. The molecule has 0 bridgehead atoms. The molecule has 2 aromatic rings. The van der Waals surface area contributed by atoms with Crippen LogP contribution in [-0.2, 0) is 0 Å². The van der Waals surface area contributed by atoms with Gasteiger partial charge in [-0.05, 0) is 36.2 Å². The van der Waals surface area contributed by atoms with Crippen molar-refractivity contribution < 1.29 is 14.6 Å². The molecule has 6 nitrogen and oxygen atoms in total. The number of para-hydroxylation sites is 1. The summed E-state index contributed by atoms with van der Waals surface area (Å²) in [7, 11) is 3.95. The molecule has 30 heavy (non-hydrogen) atoms. The summed E-state index contributed by atoms with van der Waals surface area (Å²) < 4.78 is 5.83. The van der Waals surface area contributed by atoms with Gasteiger partial charge in [-0.1, -0.05) is 24.3 Å². The number of benzene rings is 2. The van der Waals surface area contributed by atoms with Gasteiger partial charge in [-0.25, -0.2) is 0 Å². The number of rotatable bonds is 7. The minimum atomic E-state index is -0.235. The molecule has 2 heterocycles. The van der Waals surface area contributed by atoms with Gasteiger partial charge in [0, 0.05) is 63.5 Å². The van der Waals surface area contributed by atoms with E-state index in [-0.39, 0.29) is 17.9 Å². The van der Waals surface area contributed by atoms with Gasteiger partial charge >= 0.3 is 0 Å². The lowest BCUT2D eigenvalue weighted by Crippen LogP contribution is -2.39. The zero-order valence-electron chi connectivity index (χ0n) is 17.8. The summed E-state index contributed by atoms with van der Waals surface area (Å²) in [6.45, 7) is 4.55. The summed E-state index contributed by atoms with van der Waals surface area (Å²) in [6, 6.07) is 17.6. The van der Waals surface area contributed by atoms with Gasteiger partial charge in [0.15, 0.2) is 0 Å². The molecule has 1 N–H and O–H groups in total. The standard InChI is InChI=1S/C24H31N3O3/c1-25(2)21-8-6-7-19(13-21)23(29)27-15-20-14-26(16-24(20,17-27)18-28)11-12-30-22-9-4-3-5-10-22/h3-10,13,20,28H,11-12,14-18H2,1-2H3/t20-,24+/m0/s1. The summed E-state index contributed by atoms with van der Waals surface area (Å²) >= 11 is 0. The van der Waals surface area contributed by atoms with Gasteiger partial charge in [-0.3, -0.25) is 9.69 Å². The highest BCUT2D eigenvalue weighted by molar-refractivity contribution is 5.95. The van der Waals surface area contributed by atoms with Crippen LogP contribution in [0.1, 0.15) is 10.4 Å². The topological polar surface area (TPSA) is 56.3 Å². The van der Waals surface area contributed by atoms with Gasteiger partial charge in [0.1, 0.15) is 12.4 Å². The van der Waals surface area contributed by atoms with Crippen LogP contribution in [0, 0.1) is 11.3 Å². The number of aliphatic hydroxyl groups excluding tert-OH is 1. The number of fused-ring (bicyclic) bond motifs is 1. The summed E-state index contributed by atoms with van der Waals surface area (Å²) in [5.74, 6) is 1.23. The maximum absolute atomic E-state index is 13.1. The summed E-state index contributed by atoms with van der Waals surface area (Å²) in [5, 5.41) is 10.2. The first-order valence-corrected chi connectivity index (χ1v) is 10.6. The molecule has 2 aliphatic heterocycles. The van der Waals surface area contributed by atoms with Crippen LogP contribution in [0.4, 0.5) is 5.69 Å². The normalized spacial score (nSPS) is 23.4. The summed E-state index contributed by atoms with van der Waals surface area (Å²) in [6.07, 6.45) is 0. The average molecular weight is 410 g/mol. The van der Waals surface area contributed by atoms with Gasteiger partial charge in [0.05, 0.1) is 6.61 Å². The van der Waals surface area contributed by atoms with E-state index in [9.17, 15) is 9.90 Å².